The number of anilines is 2. The molecule has 7 heteroatoms. The highest BCUT2D eigenvalue weighted by Crippen LogP contribution is 2.19. The zero-order chi connectivity index (χ0) is 18.8. The maximum Gasteiger partial charge on any atom is 0.249 e. The Balaban J connectivity index is 1.76. The number of rotatable bonds is 10. The minimum Gasteiger partial charge on any atom is -0.374 e. The summed E-state index contributed by atoms with van der Waals surface area (Å²) in [6, 6.07) is 6.82. The molecule has 0 aromatic heterocycles. The third-order valence-corrected chi connectivity index (χ3v) is 4.33. The Morgan fingerprint density at radius 1 is 1.12 bits per heavy atom. The molecule has 1 aromatic carbocycles. The van der Waals surface area contributed by atoms with Crippen LogP contribution in [0.5, 0.6) is 0 Å². The molecule has 1 fully saturated rings. The summed E-state index contributed by atoms with van der Waals surface area (Å²) in [6.07, 6.45) is 6.44. The molecule has 3 amide bonds. The van der Waals surface area contributed by atoms with Crippen molar-refractivity contribution in [2.45, 2.75) is 57.4 Å². The Labute approximate surface area is 154 Å². The van der Waals surface area contributed by atoms with Gasteiger partial charge in [-0.05, 0) is 44.0 Å². The van der Waals surface area contributed by atoms with E-state index < -0.39 is 6.04 Å². The van der Waals surface area contributed by atoms with Gasteiger partial charge in [0.2, 0.25) is 17.7 Å². The summed E-state index contributed by atoms with van der Waals surface area (Å²) in [7, 11) is 0. The molecule has 142 valence electrons. The molecule has 0 spiro atoms. The van der Waals surface area contributed by atoms with Crippen molar-refractivity contribution in [1.82, 2.24) is 5.32 Å². The van der Waals surface area contributed by atoms with E-state index in [0.717, 1.165) is 44.3 Å². The minimum absolute atomic E-state index is 0.0121. The molecule has 1 unspecified atom stereocenters. The van der Waals surface area contributed by atoms with Gasteiger partial charge in [0, 0.05) is 24.2 Å². The van der Waals surface area contributed by atoms with Gasteiger partial charge in [0.05, 0.1) is 0 Å². The van der Waals surface area contributed by atoms with E-state index in [2.05, 4.69) is 16.0 Å². The highest BCUT2D eigenvalue weighted by molar-refractivity contribution is 6.01. The lowest BCUT2D eigenvalue weighted by Crippen LogP contribution is -2.47. The van der Waals surface area contributed by atoms with E-state index in [-0.39, 0.29) is 17.7 Å². The zero-order valence-corrected chi connectivity index (χ0v) is 15.1. The molecule has 0 bridgehead atoms. The molecule has 0 radical (unpaired) electrons. The summed E-state index contributed by atoms with van der Waals surface area (Å²) < 4.78 is 0. The van der Waals surface area contributed by atoms with Gasteiger partial charge in [-0.25, -0.2) is 0 Å². The predicted molar refractivity (Wildman–Crippen MR) is 102 cm³/mol. The number of hydrogen-bond donors (Lipinski definition) is 4. The van der Waals surface area contributed by atoms with Crippen LogP contribution in [-0.2, 0) is 14.4 Å². The van der Waals surface area contributed by atoms with Crippen LogP contribution in [0.3, 0.4) is 0 Å². The largest absolute Gasteiger partial charge is 0.374 e. The van der Waals surface area contributed by atoms with Crippen molar-refractivity contribution in [3.05, 3.63) is 24.3 Å². The molecular weight excluding hydrogens is 332 g/mol. The molecule has 5 N–H and O–H groups in total. The Bertz CT molecular complexity index is 633. The lowest BCUT2D eigenvalue weighted by atomic mass is 10.1. The summed E-state index contributed by atoms with van der Waals surface area (Å²) in [5, 5.41) is 8.32. The smallest absolute Gasteiger partial charge is 0.249 e. The molecule has 1 aliphatic heterocycles. The molecule has 0 aliphatic carbocycles. The molecule has 1 aromatic rings. The van der Waals surface area contributed by atoms with E-state index >= 15 is 0 Å². The highest BCUT2D eigenvalue weighted by Gasteiger charge is 2.26. The Morgan fingerprint density at radius 3 is 2.62 bits per heavy atom. The van der Waals surface area contributed by atoms with Crippen LogP contribution in [0.15, 0.2) is 24.3 Å². The van der Waals surface area contributed by atoms with Crippen LogP contribution in [0.1, 0.15) is 51.4 Å². The third kappa shape index (κ3) is 6.84. The molecular formula is C19H28N4O3. The van der Waals surface area contributed by atoms with Gasteiger partial charge < -0.3 is 16.4 Å². The molecule has 1 atom stereocenters. The van der Waals surface area contributed by atoms with E-state index in [1.165, 1.54) is 0 Å². The maximum absolute atomic E-state index is 12.0. The lowest BCUT2D eigenvalue weighted by Gasteiger charge is -2.23. The van der Waals surface area contributed by atoms with Gasteiger partial charge in [-0.2, -0.15) is 0 Å². The van der Waals surface area contributed by atoms with Gasteiger partial charge in [0.15, 0.2) is 0 Å². The second-order valence-corrected chi connectivity index (χ2v) is 6.58. The maximum atomic E-state index is 12.0. The fourth-order valence-corrected chi connectivity index (χ4v) is 2.90. The van der Waals surface area contributed by atoms with E-state index in [1.54, 1.807) is 6.07 Å². The SMILES string of the molecule is NCCCCCCCC(=O)Nc1cccc(NC2CCC(=O)NC2=O)c1. The van der Waals surface area contributed by atoms with Crippen LogP contribution in [0, 0.1) is 0 Å². The number of carbonyl (C=O) groups excluding carboxylic acids is 3. The van der Waals surface area contributed by atoms with Crippen LogP contribution >= 0.6 is 0 Å². The second kappa shape index (κ2) is 10.6. The average Bonchev–Trinajstić information content (AvgIpc) is 2.61. The summed E-state index contributed by atoms with van der Waals surface area (Å²) >= 11 is 0. The molecule has 1 saturated heterocycles. The summed E-state index contributed by atoms with van der Waals surface area (Å²) in [5.74, 6) is -0.565. The number of hydrogen-bond acceptors (Lipinski definition) is 5. The minimum atomic E-state index is -0.438. The number of imide groups is 1. The van der Waals surface area contributed by atoms with Crippen molar-refractivity contribution in [1.29, 1.82) is 0 Å². The van der Waals surface area contributed by atoms with Gasteiger partial charge in [-0.1, -0.05) is 25.3 Å². The fraction of sp³-hybridized carbons (Fsp3) is 0.526. The average molecular weight is 360 g/mol. The van der Waals surface area contributed by atoms with Gasteiger partial charge in [0.1, 0.15) is 6.04 Å². The van der Waals surface area contributed by atoms with E-state index in [4.69, 9.17) is 5.73 Å². The normalized spacial score (nSPS) is 16.9. The quantitative estimate of drug-likeness (QED) is 0.377. The number of amides is 3. The van der Waals surface area contributed by atoms with Crippen molar-refractivity contribution >= 4 is 29.1 Å². The third-order valence-electron chi connectivity index (χ3n) is 4.33. The summed E-state index contributed by atoms with van der Waals surface area (Å²) in [5.41, 5.74) is 6.88. The van der Waals surface area contributed by atoms with Gasteiger partial charge in [0.25, 0.3) is 0 Å². The van der Waals surface area contributed by atoms with Crippen molar-refractivity contribution < 1.29 is 14.4 Å². The van der Waals surface area contributed by atoms with Crippen LogP contribution in [0.4, 0.5) is 11.4 Å². The summed E-state index contributed by atoms with van der Waals surface area (Å²) in [4.78, 5) is 35.0. The van der Waals surface area contributed by atoms with Crippen LogP contribution < -0.4 is 21.7 Å². The van der Waals surface area contributed by atoms with Crippen LogP contribution in [-0.4, -0.2) is 30.3 Å². The number of piperidine rings is 1. The molecule has 1 heterocycles. The second-order valence-electron chi connectivity index (χ2n) is 6.58. The Hall–Kier alpha value is -2.41. The molecule has 1 aliphatic rings. The van der Waals surface area contributed by atoms with Crippen LogP contribution in [0.2, 0.25) is 0 Å². The zero-order valence-electron chi connectivity index (χ0n) is 15.1. The van der Waals surface area contributed by atoms with Crippen molar-refractivity contribution in [3.8, 4) is 0 Å². The van der Waals surface area contributed by atoms with Crippen molar-refractivity contribution in [2.24, 2.45) is 5.73 Å². The first kappa shape index (κ1) is 19.9. The number of nitrogens with one attached hydrogen (secondary N) is 3. The molecule has 7 nitrogen and oxygen atoms in total. The number of carbonyl (C=O) groups is 3. The number of benzene rings is 1. The van der Waals surface area contributed by atoms with Crippen molar-refractivity contribution in [3.63, 3.8) is 0 Å². The van der Waals surface area contributed by atoms with Crippen LogP contribution in [0.25, 0.3) is 0 Å². The monoisotopic (exact) mass is 360 g/mol. The van der Waals surface area contributed by atoms with E-state index in [0.29, 0.717) is 24.9 Å². The van der Waals surface area contributed by atoms with Gasteiger partial charge >= 0.3 is 0 Å². The molecule has 26 heavy (non-hydrogen) atoms. The summed E-state index contributed by atoms with van der Waals surface area (Å²) in [6.45, 7) is 0.726. The lowest BCUT2D eigenvalue weighted by molar-refractivity contribution is -0.133. The Kier molecular flexibility index (Phi) is 8.08. The fourth-order valence-electron chi connectivity index (χ4n) is 2.90. The predicted octanol–water partition coefficient (Wildman–Crippen LogP) is 2.14. The standard InChI is InChI=1S/C19H28N4O3/c20-12-5-3-1-2-4-9-17(24)22-15-8-6-7-14(13-15)21-16-10-11-18(25)23-19(16)26/h6-8,13,16,21H,1-5,9-12,20H2,(H,22,24)(H,23,25,26). The Morgan fingerprint density at radius 2 is 1.85 bits per heavy atom. The van der Waals surface area contributed by atoms with Gasteiger partial charge in [-0.15, -0.1) is 0 Å². The molecule has 2 rings (SSSR count). The highest BCUT2D eigenvalue weighted by atomic mass is 16.2. The molecule has 0 saturated carbocycles. The van der Waals surface area contributed by atoms with E-state index in [1.807, 2.05) is 18.2 Å². The first-order valence-electron chi connectivity index (χ1n) is 9.28. The van der Waals surface area contributed by atoms with E-state index in [9.17, 15) is 14.4 Å². The number of nitrogens with two attached hydrogens (primary N) is 1. The first-order chi connectivity index (χ1) is 12.6. The topological polar surface area (TPSA) is 113 Å². The van der Waals surface area contributed by atoms with Gasteiger partial charge in [-0.3, -0.25) is 19.7 Å². The van der Waals surface area contributed by atoms with Crippen molar-refractivity contribution in [2.75, 3.05) is 17.2 Å². The number of unbranched alkanes of at least 4 members (excludes halogenated alkanes) is 4. The first-order valence-corrected chi connectivity index (χ1v) is 9.28.